The minimum atomic E-state index is -0.389. The summed E-state index contributed by atoms with van der Waals surface area (Å²) in [6.45, 7) is 3.64. The van der Waals surface area contributed by atoms with Gasteiger partial charge in [-0.05, 0) is 98.6 Å². The average molecular weight is 620 g/mol. The van der Waals surface area contributed by atoms with Crippen LogP contribution in [0.15, 0.2) is 71.6 Å². The van der Waals surface area contributed by atoms with E-state index < -0.39 is 0 Å². The summed E-state index contributed by atoms with van der Waals surface area (Å²) in [5.41, 5.74) is 3.19. The van der Waals surface area contributed by atoms with Gasteiger partial charge in [-0.15, -0.1) is 11.8 Å². The summed E-state index contributed by atoms with van der Waals surface area (Å²) in [5, 5.41) is 3.72. The standard InChI is InChI=1S/C35H39ClFN3O2S/c36-30-12-11-28(37)21-27(30)23-40-31-22-26(10-13-33(31)43-32-9-5-4-8-29(32)35(40)42)34(41)38-16-19-39-17-14-25(15-18-39)20-24-6-2-1-3-7-24/h1-3,6-7,10-13,21-22,25,29,32H,4-5,8-9,14-20,23H2,(H,38,41). The van der Waals surface area contributed by atoms with E-state index in [1.54, 1.807) is 16.7 Å². The van der Waals surface area contributed by atoms with Crippen LogP contribution in [-0.4, -0.2) is 48.1 Å². The van der Waals surface area contributed by atoms with E-state index in [0.29, 0.717) is 34.3 Å². The third-order valence-corrected chi connectivity index (χ3v) is 11.0. The molecule has 0 radical (unpaired) electrons. The van der Waals surface area contributed by atoms with Crippen LogP contribution in [0.5, 0.6) is 0 Å². The highest BCUT2D eigenvalue weighted by molar-refractivity contribution is 8.00. The van der Waals surface area contributed by atoms with Gasteiger partial charge in [0.1, 0.15) is 5.82 Å². The van der Waals surface area contributed by atoms with Crippen molar-refractivity contribution in [2.45, 2.75) is 61.6 Å². The summed E-state index contributed by atoms with van der Waals surface area (Å²) in [5.74, 6) is 0.101. The molecule has 5 nitrogen and oxygen atoms in total. The van der Waals surface area contributed by atoms with Crippen molar-refractivity contribution in [1.82, 2.24) is 10.2 Å². The van der Waals surface area contributed by atoms with Crippen LogP contribution in [0.4, 0.5) is 10.1 Å². The average Bonchev–Trinajstić information content (AvgIpc) is 3.14. The maximum atomic E-state index is 14.2. The first-order valence-corrected chi connectivity index (χ1v) is 16.8. The SMILES string of the molecule is O=C(NCCN1CCC(Cc2ccccc2)CC1)c1ccc2c(c1)N(Cc1cc(F)ccc1Cl)C(=O)C1CCCCC1S2. The number of fused-ring (bicyclic) bond motifs is 2. The van der Waals surface area contributed by atoms with Crippen molar-refractivity contribution in [3.05, 3.63) is 94.3 Å². The van der Waals surface area contributed by atoms with E-state index in [4.69, 9.17) is 11.6 Å². The Morgan fingerprint density at radius 3 is 2.58 bits per heavy atom. The van der Waals surface area contributed by atoms with Crippen LogP contribution in [0, 0.1) is 17.7 Å². The number of rotatable bonds is 8. The third kappa shape index (κ3) is 7.27. The number of piperidine rings is 1. The second kappa shape index (κ2) is 13.8. The van der Waals surface area contributed by atoms with Gasteiger partial charge in [0.25, 0.3) is 5.91 Å². The lowest BCUT2D eigenvalue weighted by molar-refractivity contribution is -0.123. The molecule has 3 aliphatic rings. The number of halogens is 2. The molecule has 3 aromatic carbocycles. The van der Waals surface area contributed by atoms with E-state index in [9.17, 15) is 14.0 Å². The Balaban J connectivity index is 1.11. The first-order valence-electron chi connectivity index (χ1n) is 15.5. The smallest absolute Gasteiger partial charge is 0.251 e. The zero-order chi connectivity index (χ0) is 29.8. The van der Waals surface area contributed by atoms with Gasteiger partial charge in [-0.2, -0.15) is 0 Å². The minimum Gasteiger partial charge on any atom is -0.351 e. The summed E-state index contributed by atoms with van der Waals surface area (Å²) in [4.78, 5) is 32.4. The fourth-order valence-electron chi connectivity index (χ4n) is 6.76. The van der Waals surface area contributed by atoms with E-state index >= 15 is 0 Å². The van der Waals surface area contributed by atoms with Crippen molar-refractivity contribution < 1.29 is 14.0 Å². The van der Waals surface area contributed by atoms with E-state index in [1.807, 2.05) is 18.2 Å². The predicted octanol–water partition coefficient (Wildman–Crippen LogP) is 7.36. The number of nitrogens with zero attached hydrogens (tertiary/aromatic N) is 2. The minimum absolute atomic E-state index is 0.0319. The zero-order valence-corrected chi connectivity index (χ0v) is 26.0. The Labute approximate surface area is 263 Å². The predicted molar refractivity (Wildman–Crippen MR) is 172 cm³/mol. The molecule has 2 amide bonds. The Kier molecular flexibility index (Phi) is 9.71. The van der Waals surface area contributed by atoms with Crippen LogP contribution in [-0.2, 0) is 17.8 Å². The molecule has 8 heteroatoms. The van der Waals surface area contributed by atoms with Gasteiger partial charge in [-0.25, -0.2) is 4.39 Å². The van der Waals surface area contributed by atoms with Crippen molar-refractivity contribution in [1.29, 1.82) is 0 Å². The number of carbonyl (C=O) groups excluding carboxylic acids is 2. The largest absolute Gasteiger partial charge is 0.351 e. The molecule has 6 rings (SSSR count). The van der Waals surface area contributed by atoms with Gasteiger partial charge in [-0.1, -0.05) is 54.8 Å². The molecular weight excluding hydrogens is 581 g/mol. The number of amides is 2. The fourth-order valence-corrected chi connectivity index (χ4v) is 8.40. The van der Waals surface area contributed by atoms with Crippen LogP contribution in [0.25, 0.3) is 0 Å². The van der Waals surface area contributed by atoms with Crippen molar-refractivity contribution in [3.63, 3.8) is 0 Å². The quantitative estimate of drug-likeness (QED) is 0.286. The van der Waals surface area contributed by atoms with Crippen LogP contribution >= 0.6 is 23.4 Å². The summed E-state index contributed by atoms with van der Waals surface area (Å²) < 4.78 is 14.2. The fraction of sp³-hybridized carbons (Fsp3) is 0.429. The number of benzene rings is 3. The molecule has 1 N–H and O–H groups in total. The Morgan fingerprint density at radius 1 is 0.977 bits per heavy atom. The first-order chi connectivity index (χ1) is 20.9. The first kappa shape index (κ1) is 30.2. The molecule has 1 saturated heterocycles. The summed E-state index contributed by atoms with van der Waals surface area (Å²) in [7, 11) is 0. The molecule has 226 valence electrons. The van der Waals surface area contributed by atoms with Crippen LogP contribution in [0.2, 0.25) is 5.02 Å². The van der Waals surface area contributed by atoms with Crippen LogP contribution in [0.1, 0.15) is 60.0 Å². The van der Waals surface area contributed by atoms with E-state index in [0.717, 1.165) is 56.6 Å². The monoisotopic (exact) mass is 619 g/mol. The molecule has 1 saturated carbocycles. The van der Waals surface area contributed by atoms with Gasteiger partial charge in [0, 0.05) is 33.8 Å². The molecule has 0 aromatic heterocycles. The summed E-state index contributed by atoms with van der Waals surface area (Å²) >= 11 is 8.17. The lowest BCUT2D eigenvalue weighted by atomic mass is 9.87. The molecule has 2 fully saturated rings. The Morgan fingerprint density at radius 2 is 1.77 bits per heavy atom. The van der Waals surface area contributed by atoms with Gasteiger partial charge in [0.05, 0.1) is 18.2 Å². The van der Waals surface area contributed by atoms with Crippen molar-refractivity contribution in [3.8, 4) is 0 Å². The third-order valence-electron chi connectivity index (χ3n) is 9.20. The van der Waals surface area contributed by atoms with Gasteiger partial charge in [-0.3, -0.25) is 9.59 Å². The number of nitrogens with one attached hydrogen (secondary N) is 1. The highest BCUT2D eigenvalue weighted by Gasteiger charge is 2.39. The number of hydrogen-bond donors (Lipinski definition) is 1. The zero-order valence-electron chi connectivity index (χ0n) is 24.4. The highest BCUT2D eigenvalue weighted by atomic mass is 35.5. The maximum absolute atomic E-state index is 14.2. The van der Waals surface area contributed by atoms with E-state index in [1.165, 1.54) is 36.6 Å². The van der Waals surface area contributed by atoms with Gasteiger partial charge in [0.2, 0.25) is 5.91 Å². The van der Waals surface area contributed by atoms with E-state index in [2.05, 4.69) is 40.5 Å². The number of likely N-dealkylation sites (tertiary alicyclic amines) is 1. The Hall–Kier alpha value is -2.87. The molecule has 2 atom stereocenters. The van der Waals surface area contributed by atoms with Crippen LogP contribution < -0.4 is 10.2 Å². The molecule has 1 aliphatic carbocycles. The van der Waals surface area contributed by atoms with Crippen LogP contribution in [0.3, 0.4) is 0 Å². The van der Waals surface area contributed by atoms with Gasteiger partial charge in [0.15, 0.2) is 0 Å². The van der Waals surface area contributed by atoms with Crippen molar-refractivity contribution in [2.75, 3.05) is 31.1 Å². The normalized spacial score (nSPS) is 21.2. The number of carbonyl (C=O) groups is 2. The van der Waals surface area contributed by atoms with E-state index in [-0.39, 0.29) is 35.3 Å². The molecule has 0 bridgehead atoms. The van der Waals surface area contributed by atoms with Crippen molar-refractivity contribution >= 4 is 40.9 Å². The molecule has 3 aromatic rings. The highest BCUT2D eigenvalue weighted by Crippen LogP contribution is 2.46. The topological polar surface area (TPSA) is 52.7 Å². The molecule has 0 spiro atoms. The molecule has 2 aliphatic heterocycles. The lowest BCUT2D eigenvalue weighted by Crippen LogP contribution is -2.40. The molecule has 2 unspecified atom stereocenters. The molecule has 43 heavy (non-hydrogen) atoms. The maximum Gasteiger partial charge on any atom is 0.251 e. The number of thioether (sulfide) groups is 1. The number of hydrogen-bond acceptors (Lipinski definition) is 4. The number of anilines is 1. The Bertz CT molecular complexity index is 1450. The second-order valence-corrected chi connectivity index (χ2v) is 13.8. The van der Waals surface area contributed by atoms with Gasteiger partial charge >= 0.3 is 0 Å². The summed E-state index contributed by atoms with van der Waals surface area (Å²) in [6, 6.07) is 20.6. The van der Waals surface area contributed by atoms with Gasteiger partial charge < -0.3 is 15.1 Å². The lowest BCUT2D eigenvalue weighted by Gasteiger charge is -2.32. The molecule has 2 heterocycles. The molecular formula is C35H39ClFN3O2S. The second-order valence-electron chi connectivity index (χ2n) is 12.1. The summed E-state index contributed by atoms with van der Waals surface area (Å²) in [6.07, 6.45) is 7.44. The van der Waals surface area contributed by atoms with Crippen molar-refractivity contribution in [2.24, 2.45) is 11.8 Å².